The summed E-state index contributed by atoms with van der Waals surface area (Å²) < 4.78 is 6.19. The molecule has 0 aliphatic heterocycles. The van der Waals surface area contributed by atoms with Gasteiger partial charge >= 0.3 is 5.97 Å². The van der Waals surface area contributed by atoms with E-state index in [0.717, 1.165) is 29.3 Å². The maximum Gasteiger partial charge on any atom is 0.306 e. The second-order valence-electron chi connectivity index (χ2n) is 3.89. The molecule has 0 radical (unpaired) electrons. The van der Waals surface area contributed by atoms with Crippen LogP contribution >= 0.6 is 15.9 Å². The number of unbranched alkanes of at least 4 members (excludes halogenated alkanes) is 2. The van der Waals surface area contributed by atoms with Crippen molar-refractivity contribution in [3.05, 3.63) is 34.3 Å². The second-order valence-corrected chi connectivity index (χ2v) is 4.80. The summed E-state index contributed by atoms with van der Waals surface area (Å²) in [6.07, 6.45) is 3.30. The molecule has 0 fully saturated rings. The minimum Gasteiger partial charge on any atom is -0.461 e. The predicted molar refractivity (Wildman–Crippen MR) is 71.5 cm³/mol. The first-order valence-corrected chi connectivity index (χ1v) is 6.62. The average Bonchev–Trinajstić information content (AvgIpc) is 2.34. The van der Waals surface area contributed by atoms with E-state index < -0.39 is 0 Å². The van der Waals surface area contributed by atoms with Crippen molar-refractivity contribution >= 4 is 21.9 Å². The zero-order chi connectivity index (χ0) is 12.5. The van der Waals surface area contributed by atoms with Crippen LogP contribution in [-0.4, -0.2) is 12.5 Å². The maximum absolute atomic E-state index is 11.4. The van der Waals surface area contributed by atoms with Crippen molar-refractivity contribution in [3.63, 3.8) is 0 Å². The van der Waals surface area contributed by atoms with E-state index in [9.17, 15) is 4.79 Å². The van der Waals surface area contributed by atoms with E-state index >= 15 is 0 Å². The van der Waals surface area contributed by atoms with Crippen LogP contribution in [0, 0.1) is 0 Å². The van der Waals surface area contributed by atoms with Crippen molar-refractivity contribution < 1.29 is 9.53 Å². The van der Waals surface area contributed by atoms with Gasteiger partial charge in [-0.05, 0) is 37.1 Å². The zero-order valence-electron chi connectivity index (χ0n) is 9.82. The number of esters is 1. The molecule has 0 aliphatic rings. The quantitative estimate of drug-likeness (QED) is 0.622. The molecule has 1 rings (SSSR count). The number of carbonyl (C=O) groups excluding carboxylic acids is 1. The summed E-state index contributed by atoms with van der Waals surface area (Å²) in [5.74, 6) is -0.134. The monoisotopic (exact) mass is 299 g/mol. The van der Waals surface area contributed by atoms with Crippen LogP contribution in [0.15, 0.2) is 28.7 Å². The molecule has 0 heterocycles. The van der Waals surface area contributed by atoms with Crippen molar-refractivity contribution in [1.82, 2.24) is 0 Å². The molecule has 3 nitrogen and oxygen atoms in total. The van der Waals surface area contributed by atoms with Gasteiger partial charge in [-0.2, -0.15) is 0 Å². The minimum absolute atomic E-state index is 0.134. The number of ether oxygens (including phenoxy) is 1. The highest BCUT2D eigenvalue weighted by Gasteiger charge is 2.02. The molecule has 0 saturated heterocycles. The molecule has 17 heavy (non-hydrogen) atoms. The van der Waals surface area contributed by atoms with Gasteiger partial charge in [-0.3, -0.25) is 4.79 Å². The van der Waals surface area contributed by atoms with Gasteiger partial charge in [0.2, 0.25) is 0 Å². The van der Waals surface area contributed by atoms with Gasteiger partial charge < -0.3 is 10.5 Å². The van der Waals surface area contributed by atoms with E-state index in [0.29, 0.717) is 19.6 Å². The largest absolute Gasteiger partial charge is 0.461 e. The fourth-order valence-electron chi connectivity index (χ4n) is 1.41. The summed E-state index contributed by atoms with van der Waals surface area (Å²) in [6, 6.07) is 7.74. The summed E-state index contributed by atoms with van der Waals surface area (Å²) in [7, 11) is 0. The molecule has 0 saturated carbocycles. The van der Waals surface area contributed by atoms with E-state index in [-0.39, 0.29) is 5.97 Å². The molecular formula is C13H18BrNO2. The SMILES string of the molecule is NCCCCCC(=O)OCc1ccc(Br)cc1. The van der Waals surface area contributed by atoms with E-state index in [1.165, 1.54) is 0 Å². The molecule has 0 aromatic heterocycles. The third-order valence-electron chi connectivity index (χ3n) is 2.40. The summed E-state index contributed by atoms with van der Waals surface area (Å²) in [5, 5.41) is 0. The molecule has 0 amide bonds. The highest BCUT2D eigenvalue weighted by molar-refractivity contribution is 9.10. The number of carbonyl (C=O) groups is 1. The van der Waals surface area contributed by atoms with Gasteiger partial charge in [-0.1, -0.05) is 34.5 Å². The van der Waals surface area contributed by atoms with Crippen LogP contribution in [0.5, 0.6) is 0 Å². The van der Waals surface area contributed by atoms with E-state index in [1.54, 1.807) is 0 Å². The van der Waals surface area contributed by atoms with E-state index in [1.807, 2.05) is 24.3 Å². The van der Waals surface area contributed by atoms with E-state index in [2.05, 4.69) is 15.9 Å². The van der Waals surface area contributed by atoms with Crippen molar-refractivity contribution in [3.8, 4) is 0 Å². The first-order chi connectivity index (χ1) is 8.22. The van der Waals surface area contributed by atoms with E-state index in [4.69, 9.17) is 10.5 Å². The summed E-state index contributed by atoms with van der Waals surface area (Å²) in [4.78, 5) is 11.4. The average molecular weight is 300 g/mol. The van der Waals surface area contributed by atoms with Crippen molar-refractivity contribution in [1.29, 1.82) is 0 Å². The number of halogens is 1. The first kappa shape index (κ1) is 14.2. The topological polar surface area (TPSA) is 52.3 Å². The molecule has 94 valence electrons. The Morgan fingerprint density at radius 3 is 2.53 bits per heavy atom. The van der Waals surface area contributed by atoms with Gasteiger partial charge in [0.1, 0.15) is 6.61 Å². The lowest BCUT2D eigenvalue weighted by Crippen LogP contribution is -2.05. The zero-order valence-corrected chi connectivity index (χ0v) is 11.4. The van der Waals surface area contributed by atoms with Crippen LogP contribution in [0.3, 0.4) is 0 Å². The fourth-order valence-corrected chi connectivity index (χ4v) is 1.67. The summed E-state index contributed by atoms with van der Waals surface area (Å²) >= 11 is 3.36. The molecule has 0 bridgehead atoms. The summed E-state index contributed by atoms with van der Waals surface area (Å²) in [6.45, 7) is 1.04. The highest BCUT2D eigenvalue weighted by atomic mass is 79.9. The second kappa shape index (κ2) is 8.25. The number of hydrogen-bond donors (Lipinski definition) is 1. The number of rotatable bonds is 7. The van der Waals surface area contributed by atoms with Crippen LogP contribution in [0.4, 0.5) is 0 Å². The Hall–Kier alpha value is -0.870. The lowest BCUT2D eigenvalue weighted by molar-refractivity contribution is -0.145. The van der Waals surface area contributed by atoms with Crippen molar-refractivity contribution in [2.24, 2.45) is 5.73 Å². The highest BCUT2D eigenvalue weighted by Crippen LogP contribution is 2.11. The van der Waals surface area contributed by atoms with Crippen LogP contribution in [0.2, 0.25) is 0 Å². The molecule has 0 aliphatic carbocycles. The smallest absolute Gasteiger partial charge is 0.306 e. The molecule has 1 aromatic rings. The molecule has 0 spiro atoms. The Bertz CT molecular complexity index is 338. The standard InChI is InChI=1S/C13H18BrNO2/c14-12-7-5-11(6-8-12)10-17-13(16)4-2-1-3-9-15/h5-8H,1-4,9-10,15H2. The van der Waals surface area contributed by atoms with Crippen LogP contribution in [0.1, 0.15) is 31.2 Å². The maximum atomic E-state index is 11.4. The molecule has 0 atom stereocenters. The minimum atomic E-state index is -0.134. The van der Waals surface area contributed by atoms with Gasteiger partial charge in [0.15, 0.2) is 0 Å². The lowest BCUT2D eigenvalue weighted by atomic mass is 10.2. The molecule has 1 aromatic carbocycles. The Kier molecular flexibility index (Phi) is 6.89. The predicted octanol–water partition coefficient (Wildman–Crippen LogP) is 3.01. The molecule has 4 heteroatoms. The number of nitrogens with two attached hydrogens (primary N) is 1. The first-order valence-electron chi connectivity index (χ1n) is 5.82. The Balaban J connectivity index is 2.17. The molecule has 0 unspecified atom stereocenters. The van der Waals surface area contributed by atoms with Gasteiger partial charge in [0.25, 0.3) is 0 Å². The normalized spacial score (nSPS) is 10.2. The Morgan fingerprint density at radius 2 is 1.88 bits per heavy atom. The lowest BCUT2D eigenvalue weighted by Gasteiger charge is -2.05. The third kappa shape index (κ3) is 6.44. The van der Waals surface area contributed by atoms with Crippen LogP contribution < -0.4 is 5.73 Å². The summed E-state index contributed by atoms with van der Waals surface area (Å²) in [5.41, 5.74) is 6.38. The van der Waals surface area contributed by atoms with Crippen molar-refractivity contribution in [2.75, 3.05) is 6.54 Å². The molecular weight excluding hydrogens is 282 g/mol. The van der Waals surface area contributed by atoms with Gasteiger partial charge in [-0.15, -0.1) is 0 Å². The van der Waals surface area contributed by atoms with Crippen LogP contribution in [0.25, 0.3) is 0 Å². The fraction of sp³-hybridized carbons (Fsp3) is 0.462. The van der Waals surface area contributed by atoms with Gasteiger partial charge in [0, 0.05) is 10.9 Å². The molecule has 2 N–H and O–H groups in total. The Morgan fingerprint density at radius 1 is 1.18 bits per heavy atom. The number of hydrogen-bond acceptors (Lipinski definition) is 3. The van der Waals surface area contributed by atoms with Crippen LogP contribution in [-0.2, 0) is 16.1 Å². The van der Waals surface area contributed by atoms with Gasteiger partial charge in [0.05, 0.1) is 0 Å². The van der Waals surface area contributed by atoms with Gasteiger partial charge in [-0.25, -0.2) is 0 Å². The Labute approximate surface area is 110 Å². The number of benzene rings is 1. The van der Waals surface area contributed by atoms with Crippen molar-refractivity contribution in [2.45, 2.75) is 32.3 Å². The third-order valence-corrected chi connectivity index (χ3v) is 2.93.